The summed E-state index contributed by atoms with van der Waals surface area (Å²) in [6, 6.07) is 2.28. The van der Waals surface area contributed by atoms with Crippen LogP contribution in [0.15, 0.2) is 12.4 Å². The van der Waals surface area contributed by atoms with Crippen LogP contribution in [0.1, 0.15) is 38.4 Å². The van der Waals surface area contributed by atoms with E-state index < -0.39 is 0 Å². The Morgan fingerprint density at radius 3 is 2.67 bits per heavy atom. The van der Waals surface area contributed by atoms with Crippen LogP contribution >= 0.6 is 0 Å². The normalized spacial score (nSPS) is 31.2. The van der Waals surface area contributed by atoms with Gasteiger partial charge in [-0.05, 0) is 32.2 Å². The molecule has 100 valence electrons. The molecule has 2 saturated heterocycles. The van der Waals surface area contributed by atoms with Crippen molar-refractivity contribution in [2.24, 2.45) is 7.05 Å². The highest BCUT2D eigenvalue weighted by Gasteiger charge is 2.35. The molecule has 4 heteroatoms. The number of aromatic nitrogens is 2. The van der Waals surface area contributed by atoms with Crippen molar-refractivity contribution in [1.82, 2.24) is 19.8 Å². The van der Waals surface area contributed by atoms with Crippen molar-refractivity contribution in [2.75, 3.05) is 6.54 Å². The predicted octanol–water partition coefficient (Wildman–Crippen LogP) is 1.53. The number of aryl methyl sites for hydroxylation is 1. The molecule has 2 fully saturated rings. The molecule has 2 unspecified atom stereocenters. The lowest BCUT2D eigenvalue weighted by Gasteiger charge is -2.37. The summed E-state index contributed by atoms with van der Waals surface area (Å²) in [5.41, 5.74) is 0. The van der Waals surface area contributed by atoms with Crippen LogP contribution in [0.4, 0.5) is 0 Å². The van der Waals surface area contributed by atoms with Gasteiger partial charge in [-0.3, -0.25) is 4.90 Å². The Labute approximate surface area is 109 Å². The van der Waals surface area contributed by atoms with Gasteiger partial charge in [-0.25, -0.2) is 4.98 Å². The van der Waals surface area contributed by atoms with Crippen molar-refractivity contribution >= 4 is 0 Å². The van der Waals surface area contributed by atoms with Gasteiger partial charge in [0.15, 0.2) is 0 Å². The number of nitrogens with one attached hydrogen (secondary N) is 1. The number of hydrogen-bond acceptors (Lipinski definition) is 3. The summed E-state index contributed by atoms with van der Waals surface area (Å²) in [5, 5.41) is 3.72. The second-order valence-corrected chi connectivity index (χ2v) is 5.78. The molecule has 0 aromatic carbocycles. The first kappa shape index (κ1) is 12.2. The van der Waals surface area contributed by atoms with E-state index in [0.717, 1.165) is 31.2 Å². The highest BCUT2D eigenvalue weighted by molar-refractivity contribution is 4.98. The molecule has 3 rings (SSSR count). The monoisotopic (exact) mass is 248 g/mol. The Kier molecular flexibility index (Phi) is 3.39. The zero-order chi connectivity index (χ0) is 12.5. The minimum absolute atomic E-state index is 0.741. The van der Waals surface area contributed by atoms with Crippen molar-refractivity contribution in [3.63, 3.8) is 0 Å². The fraction of sp³-hybridized carbons (Fsp3) is 0.786. The summed E-state index contributed by atoms with van der Waals surface area (Å²) in [5.74, 6) is 1.18. The Hall–Kier alpha value is -0.870. The topological polar surface area (TPSA) is 33.1 Å². The summed E-state index contributed by atoms with van der Waals surface area (Å²) in [6.45, 7) is 4.38. The van der Waals surface area contributed by atoms with E-state index in [4.69, 9.17) is 0 Å². The van der Waals surface area contributed by atoms with E-state index in [1.54, 1.807) is 0 Å². The lowest BCUT2D eigenvalue weighted by Crippen LogP contribution is -2.48. The van der Waals surface area contributed by atoms with Gasteiger partial charge in [-0.2, -0.15) is 0 Å². The quantitative estimate of drug-likeness (QED) is 0.877. The van der Waals surface area contributed by atoms with Crippen LogP contribution in [0.5, 0.6) is 0 Å². The van der Waals surface area contributed by atoms with E-state index >= 15 is 0 Å². The molecular formula is C14H24N4. The highest BCUT2D eigenvalue weighted by atomic mass is 15.2. The molecule has 2 atom stereocenters. The molecule has 3 heterocycles. The Balaban J connectivity index is 1.67. The summed E-state index contributed by atoms with van der Waals surface area (Å²) < 4.78 is 2.14. The van der Waals surface area contributed by atoms with Crippen LogP contribution in [0, 0.1) is 0 Å². The largest absolute Gasteiger partial charge is 0.337 e. The average Bonchev–Trinajstić information content (AvgIpc) is 2.92. The zero-order valence-electron chi connectivity index (χ0n) is 11.5. The average molecular weight is 248 g/mol. The molecule has 4 nitrogen and oxygen atoms in total. The summed E-state index contributed by atoms with van der Waals surface area (Å²) in [6.07, 6.45) is 9.32. The van der Waals surface area contributed by atoms with Gasteiger partial charge in [0.05, 0.1) is 6.54 Å². The number of rotatable bonds is 4. The van der Waals surface area contributed by atoms with Crippen molar-refractivity contribution in [1.29, 1.82) is 0 Å². The molecular weight excluding hydrogens is 224 g/mol. The maximum absolute atomic E-state index is 4.46. The van der Waals surface area contributed by atoms with Crippen molar-refractivity contribution < 1.29 is 0 Å². The predicted molar refractivity (Wildman–Crippen MR) is 72.3 cm³/mol. The number of hydrogen-bond donors (Lipinski definition) is 1. The van der Waals surface area contributed by atoms with Gasteiger partial charge in [-0.15, -0.1) is 0 Å². The Morgan fingerprint density at radius 1 is 1.39 bits per heavy atom. The van der Waals surface area contributed by atoms with Crippen molar-refractivity contribution in [3.8, 4) is 0 Å². The van der Waals surface area contributed by atoms with Gasteiger partial charge in [0.25, 0.3) is 0 Å². The molecule has 0 radical (unpaired) electrons. The lowest BCUT2D eigenvalue weighted by atomic mass is 9.98. The molecule has 1 aromatic rings. The van der Waals surface area contributed by atoms with E-state index in [2.05, 4.69) is 33.7 Å². The van der Waals surface area contributed by atoms with Gasteiger partial charge in [-0.1, -0.05) is 6.92 Å². The van der Waals surface area contributed by atoms with Crippen molar-refractivity contribution in [2.45, 2.75) is 57.3 Å². The highest BCUT2D eigenvalue weighted by Crippen LogP contribution is 2.30. The van der Waals surface area contributed by atoms with E-state index in [1.165, 1.54) is 31.5 Å². The first-order valence-corrected chi connectivity index (χ1v) is 7.22. The van der Waals surface area contributed by atoms with E-state index in [1.807, 2.05) is 12.4 Å². The molecule has 18 heavy (non-hydrogen) atoms. The number of imidazole rings is 1. The Morgan fingerprint density at radius 2 is 2.11 bits per heavy atom. The van der Waals surface area contributed by atoms with Gasteiger partial charge >= 0.3 is 0 Å². The Bertz CT molecular complexity index is 388. The molecule has 1 N–H and O–H groups in total. The van der Waals surface area contributed by atoms with Crippen LogP contribution in [0.2, 0.25) is 0 Å². The number of nitrogens with zero attached hydrogens (tertiary/aromatic N) is 3. The summed E-state index contributed by atoms with van der Waals surface area (Å²) in [7, 11) is 2.09. The molecule has 1 aromatic heterocycles. The minimum atomic E-state index is 0.741. The molecule has 0 spiro atoms. The molecule has 2 aliphatic rings. The third kappa shape index (κ3) is 2.31. The van der Waals surface area contributed by atoms with Crippen molar-refractivity contribution in [3.05, 3.63) is 18.2 Å². The van der Waals surface area contributed by atoms with Gasteiger partial charge in [0.2, 0.25) is 0 Å². The molecule has 2 bridgehead atoms. The van der Waals surface area contributed by atoms with Crippen LogP contribution in [0.25, 0.3) is 0 Å². The smallest absolute Gasteiger partial charge is 0.122 e. The van der Waals surface area contributed by atoms with Crippen LogP contribution in [-0.2, 0) is 13.6 Å². The molecule has 2 aliphatic heterocycles. The third-order valence-electron chi connectivity index (χ3n) is 4.64. The molecule has 0 amide bonds. The zero-order valence-corrected chi connectivity index (χ0v) is 11.5. The first-order chi connectivity index (χ1) is 8.76. The fourth-order valence-corrected chi connectivity index (χ4v) is 3.55. The first-order valence-electron chi connectivity index (χ1n) is 7.22. The van der Waals surface area contributed by atoms with Crippen LogP contribution in [-0.4, -0.2) is 39.1 Å². The molecule has 0 aliphatic carbocycles. The second kappa shape index (κ2) is 5.02. The minimum Gasteiger partial charge on any atom is -0.337 e. The van der Waals surface area contributed by atoms with Gasteiger partial charge in [0.1, 0.15) is 5.82 Å². The standard InChI is InChI=1S/C14H24N4/c1-3-18(10-14-15-6-7-17(14)2)13-8-11-4-5-12(9-13)16-11/h6-7,11-13,16H,3-5,8-10H2,1-2H3. The van der Waals surface area contributed by atoms with E-state index in [0.29, 0.717) is 0 Å². The van der Waals surface area contributed by atoms with Crippen LogP contribution < -0.4 is 5.32 Å². The number of fused-ring (bicyclic) bond motifs is 2. The fourth-order valence-electron chi connectivity index (χ4n) is 3.55. The number of piperidine rings is 1. The maximum Gasteiger partial charge on any atom is 0.122 e. The summed E-state index contributed by atoms with van der Waals surface area (Å²) in [4.78, 5) is 7.06. The van der Waals surface area contributed by atoms with Gasteiger partial charge < -0.3 is 9.88 Å². The van der Waals surface area contributed by atoms with E-state index in [-0.39, 0.29) is 0 Å². The van der Waals surface area contributed by atoms with E-state index in [9.17, 15) is 0 Å². The second-order valence-electron chi connectivity index (χ2n) is 5.78. The third-order valence-corrected chi connectivity index (χ3v) is 4.64. The molecule has 0 saturated carbocycles. The summed E-state index contributed by atoms with van der Waals surface area (Å²) >= 11 is 0. The van der Waals surface area contributed by atoms with Crippen LogP contribution in [0.3, 0.4) is 0 Å². The lowest BCUT2D eigenvalue weighted by molar-refractivity contribution is 0.136. The van der Waals surface area contributed by atoms with Gasteiger partial charge in [0, 0.05) is 37.6 Å². The SMILES string of the molecule is CCN(Cc1nccn1C)C1CC2CCC(C1)N2. The maximum atomic E-state index is 4.46.